The second-order valence-electron chi connectivity index (χ2n) is 6.58. The Balaban J connectivity index is 1.47. The number of nitrogens with two attached hydrogens (primary N) is 1. The van der Waals surface area contributed by atoms with Crippen LogP contribution in [0, 0.1) is 0 Å². The number of aromatic nitrogens is 3. The number of nitrogens with one attached hydrogen (secondary N) is 1. The molecule has 2 amide bonds. The average Bonchev–Trinajstić information content (AvgIpc) is 3.30. The third-order valence-corrected chi connectivity index (χ3v) is 6.99. The smallest absolute Gasteiger partial charge is 0.251 e. The number of hydrogen-bond acceptors (Lipinski definition) is 6. The number of halogens is 1. The van der Waals surface area contributed by atoms with Crippen molar-refractivity contribution in [2.75, 3.05) is 11.1 Å². The minimum Gasteiger partial charge on any atom is -0.365 e. The lowest BCUT2D eigenvalue weighted by molar-refractivity contribution is -0.113. The highest BCUT2D eigenvalue weighted by atomic mass is 35.5. The van der Waals surface area contributed by atoms with Crippen molar-refractivity contribution in [2.45, 2.75) is 30.8 Å². The van der Waals surface area contributed by atoms with Crippen LogP contribution < -0.4 is 11.1 Å². The number of carbonyl (C=O) groups is 2. The van der Waals surface area contributed by atoms with E-state index in [0.29, 0.717) is 20.7 Å². The highest BCUT2D eigenvalue weighted by molar-refractivity contribution is 7.99. The molecule has 2 heterocycles. The molecule has 1 aromatic carbocycles. The van der Waals surface area contributed by atoms with Gasteiger partial charge < -0.3 is 11.1 Å². The van der Waals surface area contributed by atoms with Crippen molar-refractivity contribution in [2.24, 2.45) is 5.73 Å². The normalized spacial score (nSPS) is 13.1. The standard InChI is InChI=1S/C19H18ClN5O2S2/c20-11-4-3-5-12(8-11)25-10-22-24-19(25)28-9-15(26)23-18-16(17(21)27)13-6-1-2-7-14(13)29-18/h3-5,8,10H,1-2,6-7,9H2,(H2,21,27)(H,23,26). The average molecular weight is 448 g/mol. The number of thiophene rings is 1. The van der Waals surface area contributed by atoms with E-state index in [9.17, 15) is 9.59 Å². The highest BCUT2D eigenvalue weighted by Gasteiger charge is 2.25. The summed E-state index contributed by atoms with van der Waals surface area (Å²) in [6.45, 7) is 0. The molecule has 0 spiro atoms. The van der Waals surface area contributed by atoms with Gasteiger partial charge in [-0.2, -0.15) is 0 Å². The minimum absolute atomic E-state index is 0.125. The number of amides is 2. The summed E-state index contributed by atoms with van der Waals surface area (Å²) >= 11 is 8.76. The summed E-state index contributed by atoms with van der Waals surface area (Å²) < 4.78 is 1.77. The van der Waals surface area contributed by atoms with Gasteiger partial charge in [0.05, 0.1) is 17.0 Å². The number of thioether (sulfide) groups is 1. The first-order valence-electron chi connectivity index (χ1n) is 9.06. The van der Waals surface area contributed by atoms with Crippen LogP contribution >= 0.6 is 34.7 Å². The van der Waals surface area contributed by atoms with E-state index in [2.05, 4.69) is 15.5 Å². The zero-order chi connectivity index (χ0) is 20.4. The molecule has 0 aliphatic heterocycles. The fourth-order valence-corrected chi connectivity index (χ4v) is 5.56. The Morgan fingerprint density at radius 2 is 2.14 bits per heavy atom. The third kappa shape index (κ3) is 4.31. The van der Waals surface area contributed by atoms with Crippen molar-refractivity contribution in [3.05, 3.63) is 51.6 Å². The number of nitrogens with zero attached hydrogens (tertiary/aromatic N) is 3. The van der Waals surface area contributed by atoms with Crippen LogP contribution in [-0.2, 0) is 17.6 Å². The van der Waals surface area contributed by atoms with Crippen LogP contribution in [0.1, 0.15) is 33.6 Å². The van der Waals surface area contributed by atoms with E-state index in [0.717, 1.165) is 41.8 Å². The maximum Gasteiger partial charge on any atom is 0.251 e. The number of rotatable bonds is 6. The van der Waals surface area contributed by atoms with Crippen molar-refractivity contribution >= 4 is 51.5 Å². The Bertz CT molecular complexity index is 1080. The van der Waals surface area contributed by atoms with Gasteiger partial charge >= 0.3 is 0 Å². The molecular weight excluding hydrogens is 430 g/mol. The fraction of sp³-hybridized carbons (Fsp3) is 0.263. The summed E-state index contributed by atoms with van der Waals surface area (Å²) in [5.74, 6) is -0.593. The molecule has 3 N–H and O–H groups in total. The topological polar surface area (TPSA) is 103 Å². The second-order valence-corrected chi connectivity index (χ2v) is 9.06. The van der Waals surface area contributed by atoms with Gasteiger partial charge in [0.1, 0.15) is 11.3 Å². The van der Waals surface area contributed by atoms with Crippen molar-refractivity contribution < 1.29 is 9.59 Å². The lowest BCUT2D eigenvalue weighted by Crippen LogP contribution is -2.19. The number of hydrogen-bond donors (Lipinski definition) is 2. The molecule has 4 rings (SSSR count). The lowest BCUT2D eigenvalue weighted by Gasteiger charge is -2.11. The van der Waals surface area contributed by atoms with E-state index >= 15 is 0 Å². The Morgan fingerprint density at radius 3 is 2.93 bits per heavy atom. The molecule has 0 unspecified atom stereocenters. The SMILES string of the molecule is NC(=O)c1c(NC(=O)CSc2nncn2-c2cccc(Cl)c2)sc2c1CCCC2. The summed E-state index contributed by atoms with van der Waals surface area (Å²) in [5.41, 5.74) is 7.86. The molecule has 1 aliphatic carbocycles. The summed E-state index contributed by atoms with van der Waals surface area (Å²) in [7, 11) is 0. The number of carbonyl (C=O) groups excluding carboxylic acids is 2. The molecular formula is C19H18ClN5O2S2. The maximum absolute atomic E-state index is 12.5. The number of aryl methyl sites for hydroxylation is 1. The van der Waals surface area contributed by atoms with Crippen molar-refractivity contribution in [3.63, 3.8) is 0 Å². The Kier molecular flexibility index (Phi) is 5.89. The van der Waals surface area contributed by atoms with Crippen LogP contribution in [0.2, 0.25) is 5.02 Å². The molecule has 3 aromatic rings. The molecule has 0 atom stereocenters. The zero-order valence-corrected chi connectivity index (χ0v) is 17.7. The monoisotopic (exact) mass is 447 g/mol. The largest absolute Gasteiger partial charge is 0.365 e. The molecule has 0 saturated heterocycles. The molecule has 0 saturated carbocycles. The molecule has 7 nitrogen and oxygen atoms in total. The zero-order valence-electron chi connectivity index (χ0n) is 15.4. The van der Waals surface area contributed by atoms with E-state index < -0.39 is 5.91 Å². The predicted octanol–water partition coefficient (Wildman–Crippen LogP) is 3.69. The van der Waals surface area contributed by atoms with Gasteiger partial charge in [-0.1, -0.05) is 29.4 Å². The van der Waals surface area contributed by atoms with Crippen LogP contribution in [0.3, 0.4) is 0 Å². The first kappa shape index (κ1) is 19.9. The van der Waals surface area contributed by atoms with Crippen LogP contribution in [0.5, 0.6) is 0 Å². The van der Waals surface area contributed by atoms with E-state index in [1.54, 1.807) is 23.0 Å². The quantitative estimate of drug-likeness (QED) is 0.561. The van der Waals surface area contributed by atoms with Crippen molar-refractivity contribution in [3.8, 4) is 5.69 Å². The molecule has 150 valence electrons. The molecule has 29 heavy (non-hydrogen) atoms. The molecule has 2 aromatic heterocycles. The number of benzene rings is 1. The molecule has 0 bridgehead atoms. The predicted molar refractivity (Wildman–Crippen MR) is 115 cm³/mol. The Morgan fingerprint density at radius 1 is 1.31 bits per heavy atom. The minimum atomic E-state index is -0.493. The third-order valence-electron chi connectivity index (χ3n) is 4.61. The van der Waals surface area contributed by atoms with Gasteiger partial charge in [0.25, 0.3) is 5.91 Å². The lowest BCUT2D eigenvalue weighted by atomic mass is 9.95. The first-order valence-corrected chi connectivity index (χ1v) is 11.2. The van der Waals surface area contributed by atoms with Crippen LogP contribution in [-0.4, -0.2) is 32.3 Å². The molecule has 0 fully saturated rings. The van der Waals surface area contributed by atoms with E-state index in [-0.39, 0.29) is 11.7 Å². The van der Waals surface area contributed by atoms with Gasteiger partial charge in [-0.25, -0.2) is 0 Å². The second kappa shape index (κ2) is 8.56. The molecule has 1 aliphatic rings. The number of fused-ring (bicyclic) bond motifs is 1. The molecule has 0 radical (unpaired) electrons. The summed E-state index contributed by atoms with van der Waals surface area (Å²) in [6.07, 6.45) is 5.45. The van der Waals surface area contributed by atoms with Gasteiger partial charge in [0.15, 0.2) is 5.16 Å². The van der Waals surface area contributed by atoms with E-state index in [4.69, 9.17) is 17.3 Å². The summed E-state index contributed by atoms with van der Waals surface area (Å²) in [4.78, 5) is 25.6. The van der Waals surface area contributed by atoms with Gasteiger partial charge in [-0.3, -0.25) is 14.2 Å². The van der Waals surface area contributed by atoms with Crippen molar-refractivity contribution in [1.29, 1.82) is 0 Å². The first-order chi connectivity index (χ1) is 14.0. The van der Waals surface area contributed by atoms with Crippen molar-refractivity contribution in [1.82, 2.24) is 14.8 Å². The Labute approximate surface area is 180 Å². The number of anilines is 1. The Hall–Kier alpha value is -2.36. The van der Waals surface area contributed by atoms with Gasteiger partial charge in [-0.05, 0) is 49.4 Å². The van der Waals surface area contributed by atoms with Gasteiger partial charge in [0, 0.05) is 9.90 Å². The summed E-state index contributed by atoms with van der Waals surface area (Å²) in [6, 6.07) is 7.30. The van der Waals surface area contributed by atoms with Crippen LogP contribution in [0.15, 0.2) is 35.7 Å². The highest BCUT2D eigenvalue weighted by Crippen LogP contribution is 2.38. The molecule has 10 heteroatoms. The van der Waals surface area contributed by atoms with Crippen LogP contribution in [0.4, 0.5) is 5.00 Å². The van der Waals surface area contributed by atoms with Gasteiger partial charge in [-0.15, -0.1) is 21.5 Å². The van der Waals surface area contributed by atoms with E-state index in [1.807, 2.05) is 12.1 Å². The fourth-order valence-electron chi connectivity index (χ4n) is 3.33. The van der Waals surface area contributed by atoms with Gasteiger partial charge in [0.2, 0.25) is 5.91 Å². The van der Waals surface area contributed by atoms with Crippen LogP contribution in [0.25, 0.3) is 5.69 Å². The maximum atomic E-state index is 12.5. The summed E-state index contributed by atoms with van der Waals surface area (Å²) in [5, 5.41) is 12.6. The number of primary amides is 1. The van der Waals surface area contributed by atoms with E-state index in [1.165, 1.54) is 23.1 Å².